The summed E-state index contributed by atoms with van der Waals surface area (Å²) < 4.78 is 11.6. The van der Waals surface area contributed by atoms with Crippen LogP contribution in [0.3, 0.4) is 0 Å². The van der Waals surface area contributed by atoms with Gasteiger partial charge in [0.25, 0.3) is 0 Å². The Morgan fingerprint density at radius 2 is 1.70 bits per heavy atom. The Bertz CT molecular complexity index is 680. The van der Waals surface area contributed by atoms with Crippen LogP contribution in [0.4, 0.5) is 0 Å². The van der Waals surface area contributed by atoms with Crippen molar-refractivity contribution >= 4 is 39.1 Å². The highest BCUT2D eigenvalue weighted by Gasteiger charge is 2.11. The lowest BCUT2D eigenvalue weighted by molar-refractivity contribution is -0.670. The first-order valence-electron chi connectivity index (χ1n) is 7.21. The Kier molecular flexibility index (Phi) is 7.03. The first kappa shape index (κ1) is 18.4. The second kappa shape index (κ2) is 8.78. The number of benzene rings is 2. The molecule has 0 unspecified atom stereocenters. The van der Waals surface area contributed by atoms with E-state index in [2.05, 4.69) is 21.2 Å². The standard InChI is InChI=1S/C17H18BrCl2NO2/c1-22-16-7-12(14(18)9-17(16)23-2)10-21-6-5-11-3-4-13(19)8-15(11)20/h3-4,7-9,21H,5-6,10H2,1-2H3/p+1. The van der Waals surface area contributed by atoms with Crippen LogP contribution in [0.2, 0.25) is 10.0 Å². The van der Waals surface area contributed by atoms with Crippen LogP contribution in [0.1, 0.15) is 11.1 Å². The third-order valence-corrected chi connectivity index (χ3v) is 4.87. The quantitative estimate of drug-likeness (QED) is 0.686. The summed E-state index contributed by atoms with van der Waals surface area (Å²) in [4.78, 5) is 0. The molecular formula is C17H19BrCl2NO2+. The zero-order chi connectivity index (χ0) is 16.8. The van der Waals surface area contributed by atoms with Crippen molar-refractivity contribution in [3.63, 3.8) is 0 Å². The summed E-state index contributed by atoms with van der Waals surface area (Å²) in [6, 6.07) is 9.55. The third kappa shape index (κ3) is 5.01. The summed E-state index contributed by atoms with van der Waals surface area (Å²) >= 11 is 15.7. The lowest BCUT2D eigenvalue weighted by Crippen LogP contribution is -2.83. The molecule has 3 nitrogen and oxygen atoms in total. The number of quaternary nitrogens is 1. The summed E-state index contributed by atoms with van der Waals surface area (Å²) in [7, 11) is 3.27. The van der Waals surface area contributed by atoms with Gasteiger partial charge in [-0.15, -0.1) is 0 Å². The van der Waals surface area contributed by atoms with Gasteiger partial charge < -0.3 is 14.8 Å². The predicted octanol–water partition coefficient (Wildman–Crippen LogP) is 4.08. The SMILES string of the molecule is COc1cc(Br)c(C[NH2+]CCc2ccc(Cl)cc2Cl)cc1OC. The molecule has 0 heterocycles. The van der Waals surface area contributed by atoms with Crippen molar-refractivity contribution in [1.82, 2.24) is 0 Å². The highest BCUT2D eigenvalue weighted by Crippen LogP contribution is 2.32. The summed E-state index contributed by atoms with van der Waals surface area (Å²) in [5.74, 6) is 1.45. The molecule has 0 amide bonds. The summed E-state index contributed by atoms with van der Waals surface area (Å²) in [5.41, 5.74) is 2.27. The fourth-order valence-corrected chi connectivity index (χ4v) is 3.28. The second-order valence-electron chi connectivity index (χ2n) is 5.07. The van der Waals surface area contributed by atoms with Crippen LogP contribution in [-0.2, 0) is 13.0 Å². The first-order valence-corrected chi connectivity index (χ1v) is 8.76. The maximum Gasteiger partial charge on any atom is 0.161 e. The minimum atomic E-state index is 0.664. The van der Waals surface area contributed by atoms with Crippen LogP contribution in [-0.4, -0.2) is 20.8 Å². The normalized spacial score (nSPS) is 10.7. The van der Waals surface area contributed by atoms with Crippen LogP contribution < -0.4 is 14.8 Å². The molecule has 2 rings (SSSR count). The lowest BCUT2D eigenvalue weighted by atomic mass is 10.1. The largest absolute Gasteiger partial charge is 0.493 e. The van der Waals surface area contributed by atoms with Crippen LogP contribution in [0.25, 0.3) is 0 Å². The molecule has 23 heavy (non-hydrogen) atoms. The molecule has 0 radical (unpaired) electrons. The van der Waals surface area contributed by atoms with Crippen molar-refractivity contribution in [2.45, 2.75) is 13.0 Å². The summed E-state index contributed by atoms with van der Waals surface area (Å²) in [5, 5.41) is 3.62. The van der Waals surface area contributed by atoms with E-state index in [1.165, 1.54) is 0 Å². The maximum atomic E-state index is 6.19. The van der Waals surface area contributed by atoms with Crippen molar-refractivity contribution < 1.29 is 14.8 Å². The van der Waals surface area contributed by atoms with Gasteiger partial charge in [-0.05, 0) is 29.8 Å². The van der Waals surface area contributed by atoms with Gasteiger partial charge in [-0.3, -0.25) is 0 Å². The van der Waals surface area contributed by atoms with E-state index in [4.69, 9.17) is 32.7 Å². The van der Waals surface area contributed by atoms with Crippen molar-refractivity contribution in [2.24, 2.45) is 0 Å². The van der Waals surface area contributed by atoms with Gasteiger partial charge in [-0.25, -0.2) is 0 Å². The van der Waals surface area contributed by atoms with Gasteiger partial charge in [-0.1, -0.05) is 45.2 Å². The smallest absolute Gasteiger partial charge is 0.161 e. The average Bonchev–Trinajstić information content (AvgIpc) is 2.54. The Morgan fingerprint density at radius 3 is 2.35 bits per heavy atom. The molecule has 2 aromatic rings. The van der Waals surface area contributed by atoms with Crippen molar-refractivity contribution in [2.75, 3.05) is 20.8 Å². The zero-order valence-corrected chi connectivity index (χ0v) is 16.1. The molecule has 0 aliphatic heterocycles. The first-order chi connectivity index (χ1) is 11.0. The number of hydrogen-bond donors (Lipinski definition) is 1. The van der Waals surface area contributed by atoms with Gasteiger partial charge >= 0.3 is 0 Å². The molecule has 0 aliphatic carbocycles. The van der Waals surface area contributed by atoms with E-state index in [1.807, 2.05) is 24.3 Å². The Hall–Kier alpha value is -0.940. The minimum absolute atomic E-state index is 0.664. The van der Waals surface area contributed by atoms with E-state index >= 15 is 0 Å². The molecule has 0 fully saturated rings. The highest BCUT2D eigenvalue weighted by molar-refractivity contribution is 9.10. The molecule has 0 bridgehead atoms. The van der Waals surface area contributed by atoms with Gasteiger partial charge in [0.1, 0.15) is 6.54 Å². The predicted molar refractivity (Wildman–Crippen MR) is 97.9 cm³/mol. The molecule has 0 saturated heterocycles. The second-order valence-corrected chi connectivity index (χ2v) is 6.76. The number of methoxy groups -OCH3 is 2. The van der Waals surface area contributed by atoms with Gasteiger partial charge in [0.05, 0.1) is 20.8 Å². The third-order valence-electron chi connectivity index (χ3n) is 3.55. The number of halogens is 3. The molecule has 124 valence electrons. The molecule has 6 heteroatoms. The number of nitrogens with two attached hydrogens (primary N) is 1. The minimum Gasteiger partial charge on any atom is -0.493 e. The van der Waals surface area contributed by atoms with E-state index in [0.29, 0.717) is 5.02 Å². The van der Waals surface area contributed by atoms with Gasteiger partial charge in [0.2, 0.25) is 0 Å². The van der Waals surface area contributed by atoms with Crippen LogP contribution in [0, 0.1) is 0 Å². The number of ether oxygens (including phenoxy) is 2. The van der Waals surface area contributed by atoms with E-state index in [0.717, 1.165) is 51.6 Å². The van der Waals surface area contributed by atoms with E-state index < -0.39 is 0 Å². The molecule has 2 aromatic carbocycles. The number of hydrogen-bond acceptors (Lipinski definition) is 2. The molecule has 0 aromatic heterocycles. The number of rotatable bonds is 7. The Labute approximate surface area is 155 Å². The van der Waals surface area contributed by atoms with E-state index in [1.54, 1.807) is 20.3 Å². The van der Waals surface area contributed by atoms with E-state index in [9.17, 15) is 0 Å². The Morgan fingerprint density at radius 1 is 1.00 bits per heavy atom. The fourth-order valence-electron chi connectivity index (χ4n) is 2.29. The summed E-state index contributed by atoms with van der Waals surface area (Å²) in [6.45, 7) is 1.77. The zero-order valence-electron chi connectivity index (χ0n) is 13.0. The van der Waals surface area contributed by atoms with Gasteiger partial charge in [-0.2, -0.15) is 0 Å². The maximum absolute atomic E-state index is 6.19. The average molecular weight is 420 g/mol. The Balaban J connectivity index is 1.93. The van der Waals surface area contributed by atoms with Crippen molar-refractivity contribution in [3.8, 4) is 11.5 Å². The van der Waals surface area contributed by atoms with Crippen LogP contribution in [0.5, 0.6) is 11.5 Å². The van der Waals surface area contributed by atoms with Crippen molar-refractivity contribution in [3.05, 3.63) is 56.0 Å². The van der Waals surface area contributed by atoms with E-state index in [-0.39, 0.29) is 0 Å². The highest BCUT2D eigenvalue weighted by atomic mass is 79.9. The monoisotopic (exact) mass is 418 g/mol. The molecule has 0 saturated carbocycles. The molecule has 0 aliphatic rings. The topological polar surface area (TPSA) is 35.1 Å². The molecular weight excluding hydrogens is 401 g/mol. The fraction of sp³-hybridized carbons (Fsp3) is 0.294. The van der Waals surface area contributed by atoms with Crippen LogP contribution >= 0.6 is 39.1 Å². The lowest BCUT2D eigenvalue weighted by Gasteiger charge is -2.11. The summed E-state index contributed by atoms with van der Waals surface area (Å²) in [6.07, 6.45) is 0.890. The van der Waals surface area contributed by atoms with Crippen molar-refractivity contribution in [1.29, 1.82) is 0 Å². The van der Waals surface area contributed by atoms with Crippen LogP contribution in [0.15, 0.2) is 34.8 Å². The molecule has 0 atom stereocenters. The molecule has 0 spiro atoms. The van der Waals surface area contributed by atoms with Gasteiger partial charge in [0, 0.05) is 26.5 Å². The molecule has 2 N–H and O–H groups in total. The van der Waals surface area contributed by atoms with Gasteiger partial charge in [0.15, 0.2) is 11.5 Å².